The van der Waals surface area contributed by atoms with Crippen LogP contribution < -0.4 is 5.32 Å². The van der Waals surface area contributed by atoms with Crippen molar-refractivity contribution in [2.75, 3.05) is 5.32 Å². The Balaban J connectivity index is 2.79. The van der Waals surface area contributed by atoms with E-state index in [1.807, 2.05) is 0 Å². The standard InChI is InChI=1S/C10H11NO3S/c1-3-4-7(12)11-8-5-6(2)9(15-8)10(13)14/h3,5H,1,4H2,2H3,(H,11,12)(H,13,14). The van der Waals surface area contributed by atoms with Crippen molar-refractivity contribution in [3.63, 3.8) is 0 Å². The molecule has 1 amide bonds. The maximum atomic E-state index is 11.2. The predicted molar refractivity (Wildman–Crippen MR) is 59.5 cm³/mol. The highest BCUT2D eigenvalue weighted by atomic mass is 32.1. The van der Waals surface area contributed by atoms with Crippen molar-refractivity contribution in [3.8, 4) is 0 Å². The first-order chi connectivity index (χ1) is 7.04. The Morgan fingerprint density at radius 1 is 1.67 bits per heavy atom. The average molecular weight is 225 g/mol. The molecule has 2 N–H and O–H groups in total. The summed E-state index contributed by atoms with van der Waals surface area (Å²) in [6.45, 7) is 5.14. The third-order valence-electron chi connectivity index (χ3n) is 1.70. The number of hydrogen-bond acceptors (Lipinski definition) is 3. The van der Waals surface area contributed by atoms with Gasteiger partial charge in [-0.15, -0.1) is 17.9 Å². The van der Waals surface area contributed by atoms with Gasteiger partial charge < -0.3 is 10.4 Å². The fourth-order valence-corrected chi connectivity index (χ4v) is 2.00. The molecule has 0 fully saturated rings. The smallest absolute Gasteiger partial charge is 0.346 e. The molecule has 0 saturated carbocycles. The van der Waals surface area contributed by atoms with Crippen LogP contribution in [0, 0.1) is 6.92 Å². The topological polar surface area (TPSA) is 66.4 Å². The van der Waals surface area contributed by atoms with Crippen LogP contribution in [0.15, 0.2) is 18.7 Å². The van der Waals surface area contributed by atoms with E-state index in [2.05, 4.69) is 11.9 Å². The van der Waals surface area contributed by atoms with Crippen LogP contribution in [-0.4, -0.2) is 17.0 Å². The van der Waals surface area contributed by atoms with Crippen molar-refractivity contribution in [3.05, 3.63) is 29.2 Å². The van der Waals surface area contributed by atoms with Gasteiger partial charge in [0.05, 0.1) is 5.00 Å². The van der Waals surface area contributed by atoms with Crippen LogP contribution in [0.2, 0.25) is 0 Å². The lowest BCUT2D eigenvalue weighted by molar-refractivity contribution is -0.115. The number of carboxylic acid groups (broad SMARTS) is 1. The molecule has 5 heteroatoms. The minimum Gasteiger partial charge on any atom is -0.477 e. The van der Waals surface area contributed by atoms with Gasteiger partial charge in [0.1, 0.15) is 4.88 Å². The summed E-state index contributed by atoms with van der Waals surface area (Å²) in [6, 6.07) is 1.65. The Labute approximate surface area is 91.2 Å². The molecule has 0 aliphatic carbocycles. The van der Waals surface area contributed by atoms with Crippen molar-refractivity contribution in [1.29, 1.82) is 0 Å². The van der Waals surface area contributed by atoms with Gasteiger partial charge in [-0.05, 0) is 18.6 Å². The Bertz CT molecular complexity index is 409. The number of amides is 1. The molecule has 0 saturated heterocycles. The van der Waals surface area contributed by atoms with Crippen molar-refractivity contribution in [2.45, 2.75) is 13.3 Å². The molecule has 0 aliphatic heterocycles. The fraction of sp³-hybridized carbons (Fsp3) is 0.200. The fourth-order valence-electron chi connectivity index (χ4n) is 1.08. The van der Waals surface area contributed by atoms with E-state index in [4.69, 9.17) is 5.11 Å². The number of hydrogen-bond donors (Lipinski definition) is 2. The average Bonchev–Trinajstić information content (AvgIpc) is 2.47. The Kier molecular flexibility index (Phi) is 3.62. The second kappa shape index (κ2) is 4.75. The number of nitrogens with one attached hydrogen (secondary N) is 1. The molecule has 0 bridgehead atoms. The molecular weight excluding hydrogens is 214 g/mol. The van der Waals surface area contributed by atoms with E-state index in [9.17, 15) is 9.59 Å². The molecule has 15 heavy (non-hydrogen) atoms. The SMILES string of the molecule is C=CCC(=O)Nc1cc(C)c(C(=O)O)s1. The summed E-state index contributed by atoms with van der Waals surface area (Å²) in [7, 11) is 0. The van der Waals surface area contributed by atoms with E-state index in [1.54, 1.807) is 13.0 Å². The highest BCUT2D eigenvalue weighted by molar-refractivity contribution is 7.18. The van der Waals surface area contributed by atoms with Gasteiger partial charge >= 0.3 is 5.97 Å². The van der Waals surface area contributed by atoms with Gasteiger partial charge in [-0.25, -0.2) is 4.79 Å². The Morgan fingerprint density at radius 2 is 2.33 bits per heavy atom. The van der Waals surface area contributed by atoms with Crippen LogP contribution in [0.5, 0.6) is 0 Å². The van der Waals surface area contributed by atoms with Crippen LogP contribution in [0.25, 0.3) is 0 Å². The lowest BCUT2D eigenvalue weighted by Crippen LogP contribution is -2.08. The van der Waals surface area contributed by atoms with E-state index in [1.165, 1.54) is 6.08 Å². The summed E-state index contributed by atoms with van der Waals surface area (Å²) in [6.07, 6.45) is 1.72. The normalized spacial score (nSPS) is 9.67. The molecule has 0 unspecified atom stereocenters. The second-order valence-electron chi connectivity index (χ2n) is 2.97. The molecule has 0 spiro atoms. The largest absolute Gasteiger partial charge is 0.477 e. The van der Waals surface area contributed by atoms with E-state index >= 15 is 0 Å². The van der Waals surface area contributed by atoms with Crippen LogP contribution in [0.3, 0.4) is 0 Å². The van der Waals surface area contributed by atoms with Crippen LogP contribution in [0.1, 0.15) is 21.7 Å². The number of carbonyl (C=O) groups excluding carboxylic acids is 1. The molecule has 0 aliphatic rings. The summed E-state index contributed by atoms with van der Waals surface area (Å²) >= 11 is 1.06. The third kappa shape index (κ3) is 2.92. The Morgan fingerprint density at radius 3 is 2.80 bits per heavy atom. The molecular formula is C10H11NO3S. The highest BCUT2D eigenvalue weighted by Gasteiger charge is 2.12. The Hall–Kier alpha value is -1.62. The van der Waals surface area contributed by atoms with Crippen molar-refractivity contribution < 1.29 is 14.7 Å². The maximum absolute atomic E-state index is 11.2. The van der Waals surface area contributed by atoms with E-state index in [0.29, 0.717) is 10.6 Å². The van der Waals surface area contributed by atoms with Gasteiger partial charge in [0.25, 0.3) is 0 Å². The summed E-state index contributed by atoms with van der Waals surface area (Å²) in [4.78, 5) is 22.2. The van der Waals surface area contributed by atoms with Gasteiger partial charge in [-0.2, -0.15) is 0 Å². The van der Waals surface area contributed by atoms with E-state index in [-0.39, 0.29) is 17.2 Å². The second-order valence-corrected chi connectivity index (χ2v) is 4.02. The van der Waals surface area contributed by atoms with Gasteiger partial charge in [0.15, 0.2) is 0 Å². The monoisotopic (exact) mass is 225 g/mol. The molecule has 1 rings (SSSR count). The quantitative estimate of drug-likeness (QED) is 0.772. The summed E-state index contributed by atoms with van der Waals surface area (Å²) in [5.41, 5.74) is 0.654. The molecule has 1 aromatic rings. The minimum absolute atomic E-state index is 0.191. The van der Waals surface area contributed by atoms with Crippen molar-refractivity contribution >= 4 is 28.2 Å². The summed E-state index contributed by atoms with van der Waals surface area (Å²) < 4.78 is 0. The minimum atomic E-state index is -0.971. The van der Waals surface area contributed by atoms with Crippen molar-refractivity contribution in [1.82, 2.24) is 0 Å². The molecule has 0 aromatic carbocycles. The zero-order valence-electron chi connectivity index (χ0n) is 8.24. The first kappa shape index (κ1) is 11.5. The number of thiophene rings is 1. The number of aromatic carboxylic acids is 1. The van der Waals surface area contributed by atoms with Crippen LogP contribution in [0.4, 0.5) is 5.00 Å². The predicted octanol–water partition coefficient (Wildman–Crippen LogP) is 2.27. The lowest BCUT2D eigenvalue weighted by Gasteiger charge is -1.97. The molecule has 0 atom stereocenters. The lowest BCUT2D eigenvalue weighted by atomic mass is 10.3. The zero-order chi connectivity index (χ0) is 11.4. The number of carbonyl (C=O) groups is 2. The number of rotatable bonds is 4. The van der Waals surface area contributed by atoms with E-state index < -0.39 is 5.97 Å². The molecule has 0 radical (unpaired) electrons. The van der Waals surface area contributed by atoms with E-state index in [0.717, 1.165) is 11.3 Å². The first-order valence-electron chi connectivity index (χ1n) is 4.29. The first-order valence-corrected chi connectivity index (χ1v) is 5.10. The molecule has 4 nitrogen and oxygen atoms in total. The molecule has 1 aromatic heterocycles. The molecule has 80 valence electrons. The van der Waals surface area contributed by atoms with Gasteiger partial charge in [0, 0.05) is 6.42 Å². The number of anilines is 1. The highest BCUT2D eigenvalue weighted by Crippen LogP contribution is 2.26. The zero-order valence-corrected chi connectivity index (χ0v) is 9.06. The van der Waals surface area contributed by atoms with Crippen LogP contribution in [-0.2, 0) is 4.79 Å². The maximum Gasteiger partial charge on any atom is 0.346 e. The van der Waals surface area contributed by atoms with Gasteiger partial charge in [0.2, 0.25) is 5.91 Å². The molecule has 1 heterocycles. The number of aryl methyl sites for hydroxylation is 1. The third-order valence-corrected chi connectivity index (χ3v) is 2.84. The number of carboxylic acids is 1. The summed E-state index contributed by atoms with van der Waals surface area (Å²) in [5.74, 6) is -1.16. The van der Waals surface area contributed by atoms with Gasteiger partial charge in [-0.3, -0.25) is 4.79 Å². The summed E-state index contributed by atoms with van der Waals surface area (Å²) in [5, 5.41) is 12.0. The van der Waals surface area contributed by atoms with Gasteiger partial charge in [-0.1, -0.05) is 6.08 Å². The van der Waals surface area contributed by atoms with Crippen molar-refractivity contribution in [2.24, 2.45) is 0 Å². The van der Waals surface area contributed by atoms with Crippen LogP contribution >= 0.6 is 11.3 Å².